The summed E-state index contributed by atoms with van der Waals surface area (Å²) in [7, 11) is 1.37. The van der Waals surface area contributed by atoms with E-state index in [1.54, 1.807) is 0 Å². The zero-order chi connectivity index (χ0) is 20.3. The van der Waals surface area contributed by atoms with Gasteiger partial charge >= 0.3 is 5.97 Å². The lowest BCUT2D eigenvalue weighted by Crippen LogP contribution is -2.38. The minimum absolute atomic E-state index is 0.0888. The molecular formula is C22H28N2O3S. The molecule has 2 heterocycles. The summed E-state index contributed by atoms with van der Waals surface area (Å²) in [5.74, 6) is 0.205. The lowest BCUT2D eigenvalue weighted by molar-refractivity contribution is -0.117. The van der Waals surface area contributed by atoms with Crippen molar-refractivity contribution < 1.29 is 14.3 Å². The molecule has 1 aliphatic heterocycles. The van der Waals surface area contributed by atoms with Crippen molar-refractivity contribution in [2.75, 3.05) is 32.1 Å². The Kier molecular flexibility index (Phi) is 6.52. The number of carbonyl (C=O) groups is 2. The normalized spacial score (nSPS) is 15.4. The van der Waals surface area contributed by atoms with Gasteiger partial charge in [-0.2, -0.15) is 0 Å². The minimum atomic E-state index is -0.431. The maximum Gasteiger partial charge on any atom is 0.341 e. The Bertz CT molecular complexity index is 867. The molecule has 0 radical (unpaired) electrons. The maximum absolute atomic E-state index is 12.6. The highest BCUT2D eigenvalue weighted by atomic mass is 32.1. The molecular weight excluding hydrogens is 372 g/mol. The number of rotatable bonds is 5. The Morgan fingerprint density at radius 1 is 1.21 bits per heavy atom. The van der Waals surface area contributed by atoms with Crippen molar-refractivity contribution in [3.05, 3.63) is 40.3 Å². The molecule has 6 heteroatoms. The molecule has 28 heavy (non-hydrogen) atoms. The molecule has 1 fully saturated rings. The van der Waals surface area contributed by atoms with Crippen LogP contribution in [0.15, 0.2) is 23.6 Å². The molecule has 1 amide bonds. The number of likely N-dealkylation sites (tertiary alicyclic amines) is 1. The molecule has 0 atom stereocenters. The van der Waals surface area contributed by atoms with E-state index < -0.39 is 5.97 Å². The van der Waals surface area contributed by atoms with Gasteiger partial charge in [0.15, 0.2) is 0 Å². The number of esters is 1. The van der Waals surface area contributed by atoms with Crippen LogP contribution < -0.4 is 5.32 Å². The summed E-state index contributed by atoms with van der Waals surface area (Å²) in [6, 6.07) is 6.15. The standard InChI is InChI=1S/C22H28N2O3S/c1-14-7-9-24(10-8-14)12-19(25)23-21-20(22(26)27-4)18(13-28-21)17-11-15(2)5-6-16(17)3/h5-6,11,13-14H,7-10,12H2,1-4H3,(H,23,25). The Balaban J connectivity index is 1.83. The summed E-state index contributed by atoms with van der Waals surface area (Å²) < 4.78 is 5.02. The number of carbonyl (C=O) groups excluding carboxylic acids is 2. The molecule has 1 N–H and O–H groups in total. The molecule has 150 valence electrons. The third-order valence-corrected chi connectivity index (χ3v) is 6.26. The van der Waals surface area contributed by atoms with Gasteiger partial charge in [0.1, 0.15) is 10.6 Å². The minimum Gasteiger partial charge on any atom is -0.465 e. The summed E-state index contributed by atoms with van der Waals surface area (Å²) in [6.07, 6.45) is 2.24. The first-order valence-electron chi connectivity index (χ1n) is 9.68. The molecule has 3 rings (SSSR count). The SMILES string of the molecule is COC(=O)c1c(-c2cc(C)ccc2C)csc1NC(=O)CN1CCC(C)CC1. The average molecular weight is 401 g/mol. The van der Waals surface area contributed by atoms with Crippen LogP contribution in [0.1, 0.15) is 41.3 Å². The van der Waals surface area contributed by atoms with E-state index in [9.17, 15) is 9.59 Å². The van der Waals surface area contributed by atoms with Crippen molar-refractivity contribution in [3.63, 3.8) is 0 Å². The highest BCUT2D eigenvalue weighted by Crippen LogP contribution is 2.38. The fourth-order valence-corrected chi connectivity index (χ4v) is 4.53. The van der Waals surface area contributed by atoms with Crippen LogP contribution in [0.5, 0.6) is 0 Å². The number of nitrogens with one attached hydrogen (secondary N) is 1. The smallest absolute Gasteiger partial charge is 0.341 e. The van der Waals surface area contributed by atoms with E-state index >= 15 is 0 Å². The van der Waals surface area contributed by atoms with Gasteiger partial charge in [0.25, 0.3) is 0 Å². The fraction of sp³-hybridized carbons (Fsp3) is 0.455. The largest absolute Gasteiger partial charge is 0.465 e. The van der Waals surface area contributed by atoms with E-state index in [1.165, 1.54) is 18.4 Å². The van der Waals surface area contributed by atoms with Crippen LogP contribution >= 0.6 is 11.3 Å². The van der Waals surface area contributed by atoms with E-state index in [-0.39, 0.29) is 5.91 Å². The molecule has 5 nitrogen and oxygen atoms in total. The second-order valence-corrected chi connectivity index (χ2v) is 8.55. The van der Waals surface area contributed by atoms with Crippen LogP contribution in [0.4, 0.5) is 5.00 Å². The quantitative estimate of drug-likeness (QED) is 0.752. The summed E-state index contributed by atoms with van der Waals surface area (Å²) in [6.45, 7) is 8.52. The van der Waals surface area contributed by atoms with Crippen molar-refractivity contribution in [2.24, 2.45) is 5.92 Å². The average Bonchev–Trinajstić information content (AvgIpc) is 3.08. The summed E-state index contributed by atoms with van der Waals surface area (Å²) in [5, 5.41) is 5.42. The third kappa shape index (κ3) is 4.62. The number of anilines is 1. The zero-order valence-electron chi connectivity index (χ0n) is 17.0. The van der Waals surface area contributed by atoms with Crippen molar-refractivity contribution >= 4 is 28.2 Å². The number of nitrogens with zero attached hydrogens (tertiary/aromatic N) is 1. The van der Waals surface area contributed by atoms with Crippen molar-refractivity contribution in [1.82, 2.24) is 4.90 Å². The number of hydrogen-bond donors (Lipinski definition) is 1. The second-order valence-electron chi connectivity index (χ2n) is 7.67. The number of hydrogen-bond acceptors (Lipinski definition) is 5. The van der Waals surface area contributed by atoms with Gasteiger partial charge in [-0.3, -0.25) is 9.69 Å². The Labute approximate surface area is 170 Å². The van der Waals surface area contributed by atoms with E-state index in [2.05, 4.69) is 23.2 Å². The number of aryl methyl sites for hydroxylation is 2. The van der Waals surface area contributed by atoms with Crippen LogP contribution in [0.3, 0.4) is 0 Å². The lowest BCUT2D eigenvalue weighted by atomic mass is 9.97. The first-order valence-corrected chi connectivity index (χ1v) is 10.6. The molecule has 0 spiro atoms. The maximum atomic E-state index is 12.6. The van der Waals surface area contributed by atoms with Crippen molar-refractivity contribution in [3.8, 4) is 11.1 Å². The lowest BCUT2D eigenvalue weighted by Gasteiger charge is -2.29. The molecule has 0 bridgehead atoms. The van der Waals surface area contributed by atoms with E-state index in [1.807, 2.05) is 31.4 Å². The molecule has 1 saturated heterocycles. The monoisotopic (exact) mass is 400 g/mol. The number of ether oxygens (including phenoxy) is 1. The van der Waals surface area contributed by atoms with E-state index in [0.717, 1.165) is 54.1 Å². The first-order chi connectivity index (χ1) is 13.4. The molecule has 0 aliphatic carbocycles. The fourth-order valence-electron chi connectivity index (χ4n) is 3.57. The van der Waals surface area contributed by atoms with Gasteiger partial charge in [-0.1, -0.05) is 30.7 Å². The molecule has 0 saturated carbocycles. The molecule has 2 aromatic rings. The zero-order valence-corrected chi connectivity index (χ0v) is 17.8. The van der Waals surface area contributed by atoms with Gasteiger partial charge in [-0.15, -0.1) is 11.3 Å². The van der Waals surface area contributed by atoms with Gasteiger partial charge in [0.2, 0.25) is 5.91 Å². The number of benzene rings is 1. The van der Waals surface area contributed by atoms with Gasteiger partial charge in [0.05, 0.1) is 13.7 Å². The van der Waals surface area contributed by atoms with Gasteiger partial charge in [0, 0.05) is 10.9 Å². The van der Waals surface area contributed by atoms with Crippen LogP contribution in [-0.2, 0) is 9.53 Å². The highest BCUT2D eigenvalue weighted by Gasteiger charge is 2.24. The van der Waals surface area contributed by atoms with Crippen LogP contribution in [0.25, 0.3) is 11.1 Å². The van der Waals surface area contributed by atoms with E-state index in [4.69, 9.17) is 4.74 Å². The molecule has 1 aromatic carbocycles. The summed E-state index contributed by atoms with van der Waals surface area (Å²) in [4.78, 5) is 27.3. The van der Waals surface area contributed by atoms with Crippen LogP contribution in [0.2, 0.25) is 0 Å². The van der Waals surface area contributed by atoms with E-state index in [0.29, 0.717) is 17.1 Å². The summed E-state index contributed by atoms with van der Waals surface area (Å²) >= 11 is 1.37. The second kappa shape index (κ2) is 8.88. The van der Waals surface area contributed by atoms with Crippen molar-refractivity contribution in [2.45, 2.75) is 33.6 Å². The Morgan fingerprint density at radius 3 is 2.61 bits per heavy atom. The van der Waals surface area contributed by atoms with Gasteiger partial charge in [-0.05, 0) is 56.8 Å². The molecule has 0 unspecified atom stereocenters. The topological polar surface area (TPSA) is 58.6 Å². The van der Waals surface area contributed by atoms with Crippen LogP contribution in [0, 0.1) is 19.8 Å². The van der Waals surface area contributed by atoms with Gasteiger partial charge < -0.3 is 10.1 Å². The Morgan fingerprint density at radius 2 is 1.93 bits per heavy atom. The highest BCUT2D eigenvalue weighted by molar-refractivity contribution is 7.15. The predicted octanol–water partition coefficient (Wildman–Crippen LogP) is 4.49. The Hall–Kier alpha value is -2.18. The number of methoxy groups -OCH3 is 1. The van der Waals surface area contributed by atoms with Gasteiger partial charge in [-0.25, -0.2) is 4.79 Å². The molecule has 1 aromatic heterocycles. The predicted molar refractivity (Wildman–Crippen MR) is 114 cm³/mol. The van der Waals surface area contributed by atoms with Crippen LogP contribution in [-0.4, -0.2) is 43.5 Å². The number of amides is 1. The summed E-state index contributed by atoms with van der Waals surface area (Å²) in [5.41, 5.74) is 4.42. The van der Waals surface area contributed by atoms with Crippen molar-refractivity contribution in [1.29, 1.82) is 0 Å². The number of piperidine rings is 1. The number of thiophene rings is 1. The molecule has 1 aliphatic rings. The first kappa shape index (κ1) is 20.6. The third-order valence-electron chi connectivity index (χ3n) is 5.36.